The van der Waals surface area contributed by atoms with E-state index in [-0.39, 0.29) is 5.91 Å². The minimum absolute atomic E-state index is 0.0774. The standard InChI is InChI=1S/C21H23N5O/c27-21(23-11-20-24-18-3-1-2-4-19(18)25-20)15-7-5-14(6-8-15)12-26-13-16-9-17(26)10-22-16/h1-8,16-17,22H,9-13H2,(H,23,27)(H,24,25). The van der Waals surface area contributed by atoms with Gasteiger partial charge in [0.25, 0.3) is 5.91 Å². The number of aromatic nitrogens is 2. The lowest BCUT2D eigenvalue weighted by Gasteiger charge is -2.27. The number of imidazole rings is 1. The van der Waals surface area contributed by atoms with Gasteiger partial charge < -0.3 is 15.6 Å². The number of carbonyl (C=O) groups excluding carboxylic acids is 1. The summed E-state index contributed by atoms with van der Waals surface area (Å²) in [5, 5.41) is 6.47. The van der Waals surface area contributed by atoms with Gasteiger partial charge in [0, 0.05) is 37.3 Å². The topological polar surface area (TPSA) is 73.0 Å². The van der Waals surface area contributed by atoms with Crippen molar-refractivity contribution in [1.82, 2.24) is 25.5 Å². The average molecular weight is 361 g/mol. The number of amides is 1. The van der Waals surface area contributed by atoms with E-state index in [1.165, 1.54) is 12.0 Å². The van der Waals surface area contributed by atoms with Crippen LogP contribution in [0.1, 0.15) is 28.2 Å². The molecule has 1 amide bonds. The fourth-order valence-corrected chi connectivity index (χ4v) is 4.19. The molecule has 1 aromatic heterocycles. The molecule has 2 saturated heterocycles. The molecule has 2 unspecified atom stereocenters. The van der Waals surface area contributed by atoms with Crippen LogP contribution in [0, 0.1) is 0 Å². The summed E-state index contributed by atoms with van der Waals surface area (Å²) in [6, 6.07) is 17.1. The molecule has 0 aliphatic carbocycles. The molecule has 138 valence electrons. The van der Waals surface area contributed by atoms with E-state index in [1.54, 1.807) is 0 Å². The molecule has 6 nitrogen and oxygen atoms in total. The van der Waals surface area contributed by atoms with E-state index in [2.05, 4.69) is 37.6 Å². The first-order valence-electron chi connectivity index (χ1n) is 9.53. The Bertz CT molecular complexity index is 931. The minimum atomic E-state index is -0.0774. The first-order chi connectivity index (χ1) is 13.2. The maximum absolute atomic E-state index is 12.4. The molecule has 2 bridgehead atoms. The van der Waals surface area contributed by atoms with Gasteiger partial charge in [0.1, 0.15) is 5.82 Å². The number of nitrogens with one attached hydrogen (secondary N) is 3. The van der Waals surface area contributed by atoms with Crippen molar-refractivity contribution in [2.75, 3.05) is 13.1 Å². The Labute approximate surface area is 158 Å². The number of fused-ring (bicyclic) bond motifs is 3. The van der Waals surface area contributed by atoms with Crippen LogP contribution in [-0.4, -0.2) is 45.9 Å². The summed E-state index contributed by atoms with van der Waals surface area (Å²) >= 11 is 0. The van der Waals surface area contributed by atoms with Crippen molar-refractivity contribution in [3.05, 3.63) is 65.5 Å². The van der Waals surface area contributed by atoms with Gasteiger partial charge in [-0.1, -0.05) is 24.3 Å². The summed E-state index contributed by atoms with van der Waals surface area (Å²) in [6.45, 7) is 3.58. The van der Waals surface area contributed by atoms with Gasteiger partial charge in [0.2, 0.25) is 0 Å². The molecule has 0 radical (unpaired) electrons. The zero-order chi connectivity index (χ0) is 18.2. The van der Waals surface area contributed by atoms with Gasteiger partial charge in [-0.2, -0.15) is 0 Å². The Hall–Kier alpha value is -2.70. The van der Waals surface area contributed by atoms with Crippen molar-refractivity contribution in [3.8, 4) is 0 Å². The second-order valence-electron chi connectivity index (χ2n) is 7.50. The molecule has 3 aromatic rings. The number of aromatic amines is 1. The van der Waals surface area contributed by atoms with Crippen LogP contribution in [0.25, 0.3) is 11.0 Å². The summed E-state index contributed by atoms with van der Waals surface area (Å²) in [6.07, 6.45) is 1.27. The molecule has 6 heteroatoms. The molecule has 5 rings (SSSR count). The zero-order valence-electron chi connectivity index (χ0n) is 15.1. The van der Waals surface area contributed by atoms with Crippen molar-refractivity contribution < 1.29 is 4.79 Å². The monoisotopic (exact) mass is 361 g/mol. The third-order valence-electron chi connectivity index (χ3n) is 5.63. The van der Waals surface area contributed by atoms with E-state index in [0.29, 0.717) is 24.2 Å². The van der Waals surface area contributed by atoms with Crippen LogP contribution < -0.4 is 10.6 Å². The highest BCUT2D eigenvalue weighted by atomic mass is 16.1. The Balaban J connectivity index is 1.19. The number of piperazine rings is 1. The molecule has 2 aliphatic heterocycles. The lowest BCUT2D eigenvalue weighted by Crippen LogP contribution is -2.42. The number of carbonyl (C=O) groups is 1. The van der Waals surface area contributed by atoms with Crippen molar-refractivity contribution in [2.45, 2.75) is 31.6 Å². The van der Waals surface area contributed by atoms with Gasteiger partial charge in [-0.05, 0) is 36.2 Å². The minimum Gasteiger partial charge on any atom is -0.345 e. The highest BCUT2D eigenvalue weighted by molar-refractivity contribution is 5.94. The Kier molecular flexibility index (Phi) is 4.14. The van der Waals surface area contributed by atoms with E-state index >= 15 is 0 Å². The summed E-state index contributed by atoms with van der Waals surface area (Å²) in [5.74, 6) is 0.685. The molecule has 3 heterocycles. The maximum Gasteiger partial charge on any atom is 0.251 e. The second kappa shape index (κ2) is 6.79. The third kappa shape index (κ3) is 3.34. The summed E-state index contributed by atoms with van der Waals surface area (Å²) in [5.41, 5.74) is 3.84. The fraction of sp³-hybridized carbons (Fsp3) is 0.333. The highest BCUT2D eigenvalue weighted by Crippen LogP contribution is 2.25. The van der Waals surface area contributed by atoms with Gasteiger partial charge in [-0.15, -0.1) is 0 Å². The second-order valence-corrected chi connectivity index (χ2v) is 7.50. The van der Waals surface area contributed by atoms with Gasteiger partial charge in [-0.25, -0.2) is 4.98 Å². The van der Waals surface area contributed by atoms with E-state index in [4.69, 9.17) is 0 Å². The number of likely N-dealkylation sites (tertiary alicyclic amines) is 1. The van der Waals surface area contributed by atoms with Crippen LogP contribution in [0.3, 0.4) is 0 Å². The summed E-state index contributed by atoms with van der Waals surface area (Å²) < 4.78 is 0. The number of hydrogen-bond donors (Lipinski definition) is 3. The average Bonchev–Trinajstić information content (AvgIpc) is 3.41. The first kappa shape index (κ1) is 16.5. The van der Waals surface area contributed by atoms with Crippen LogP contribution in [0.5, 0.6) is 0 Å². The molecule has 3 N–H and O–H groups in total. The van der Waals surface area contributed by atoms with Gasteiger partial charge >= 0.3 is 0 Å². The van der Waals surface area contributed by atoms with Crippen molar-refractivity contribution in [3.63, 3.8) is 0 Å². The van der Waals surface area contributed by atoms with Gasteiger partial charge in [0.05, 0.1) is 17.6 Å². The normalized spacial score (nSPS) is 21.8. The molecule has 0 spiro atoms. The lowest BCUT2D eigenvalue weighted by molar-refractivity contribution is 0.0950. The van der Waals surface area contributed by atoms with E-state index in [9.17, 15) is 4.79 Å². The third-order valence-corrected chi connectivity index (χ3v) is 5.63. The first-order valence-corrected chi connectivity index (χ1v) is 9.53. The highest BCUT2D eigenvalue weighted by Gasteiger charge is 2.37. The number of benzene rings is 2. The van der Waals surface area contributed by atoms with Crippen LogP contribution in [0.2, 0.25) is 0 Å². The molecular formula is C21H23N5O. The molecule has 0 saturated carbocycles. The van der Waals surface area contributed by atoms with Crippen LogP contribution in [0.4, 0.5) is 0 Å². The van der Waals surface area contributed by atoms with Gasteiger partial charge in [-0.3, -0.25) is 9.69 Å². The van der Waals surface area contributed by atoms with E-state index in [1.807, 2.05) is 36.4 Å². The van der Waals surface area contributed by atoms with Crippen LogP contribution in [0.15, 0.2) is 48.5 Å². The predicted molar refractivity (Wildman–Crippen MR) is 104 cm³/mol. The number of hydrogen-bond acceptors (Lipinski definition) is 4. The SMILES string of the molecule is O=C(NCc1nc2ccccc2[nH]1)c1ccc(CN2CC3CC2CN3)cc1. The molecule has 27 heavy (non-hydrogen) atoms. The fourth-order valence-electron chi connectivity index (χ4n) is 4.19. The van der Waals surface area contributed by atoms with E-state index in [0.717, 1.165) is 36.5 Å². The number of nitrogens with zero attached hydrogens (tertiary/aromatic N) is 2. The van der Waals surface area contributed by atoms with Crippen LogP contribution in [-0.2, 0) is 13.1 Å². The van der Waals surface area contributed by atoms with Crippen LogP contribution >= 0.6 is 0 Å². The van der Waals surface area contributed by atoms with Crippen molar-refractivity contribution >= 4 is 16.9 Å². The van der Waals surface area contributed by atoms with Gasteiger partial charge in [0.15, 0.2) is 0 Å². The zero-order valence-corrected chi connectivity index (χ0v) is 15.1. The summed E-state index contributed by atoms with van der Waals surface area (Å²) in [4.78, 5) is 22.7. The number of H-pyrrole nitrogens is 1. The number of para-hydroxylation sites is 2. The Morgan fingerprint density at radius 1 is 1.19 bits per heavy atom. The van der Waals surface area contributed by atoms with Crippen molar-refractivity contribution in [2.24, 2.45) is 0 Å². The van der Waals surface area contributed by atoms with Crippen molar-refractivity contribution in [1.29, 1.82) is 0 Å². The molecule has 2 atom stereocenters. The molecule has 2 aliphatic rings. The largest absolute Gasteiger partial charge is 0.345 e. The predicted octanol–water partition coefficient (Wildman–Crippen LogP) is 2.04. The Morgan fingerprint density at radius 2 is 2.04 bits per heavy atom. The van der Waals surface area contributed by atoms with E-state index < -0.39 is 0 Å². The Morgan fingerprint density at radius 3 is 2.78 bits per heavy atom. The molecule has 2 fully saturated rings. The lowest BCUT2D eigenvalue weighted by atomic mass is 10.1. The molecule has 2 aromatic carbocycles. The smallest absolute Gasteiger partial charge is 0.251 e. The quantitative estimate of drug-likeness (QED) is 0.650. The summed E-state index contributed by atoms with van der Waals surface area (Å²) in [7, 11) is 0. The number of rotatable bonds is 5. The molecular weight excluding hydrogens is 338 g/mol. The maximum atomic E-state index is 12.4.